The van der Waals surface area contributed by atoms with E-state index in [9.17, 15) is 13.6 Å². The van der Waals surface area contributed by atoms with Crippen LogP contribution in [-0.2, 0) is 4.79 Å². The molecule has 1 saturated heterocycles. The topological polar surface area (TPSA) is 41.1 Å². The SMILES string of the molecule is O=C(NCC(F)F)C1CCCCCN1. The van der Waals surface area contributed by atoms with Crippen LogP contribution < -0.4 is 10.6 Å². The third-order valence-electron chi connectivity index (χ3n) is 2.31. The molecule has 0 aromatic rings. The van der Waals surface area contributed by atoms with Crippen LogP contribution in [-0.4, -0.2) is 31.5 Å². The van der Waals surface area contributed by atoms with Gasteiger partial charge < -0.3 is 10.6 Å². The quantitative estimate of drug-likeness (QED) is 0.720. The molecule has 1 fully saturated rings. The molecule has 14 heavy (non-hydrogen) atoms. The lowest BCUT2D eigenvalue weighted by atomic mass is 10.1. The lowest BCUT2D eigenvalue weighted by Gasteiger charge is -2.15. The molecule has 5 heteroatoms. The van der Waals surface area contributed by atoms with Crippen LogP contribution in [0, 0.1) is 0 Å². The van der Waals surface area contributed by atoms with Crippen molar-refractivity contribution in [3.05, 3.63) is 0 Å². The van der Waals surface area contributed by atoms with E-state index < -0.39 is 13.0 Å². The third kappa shape index (κ3) is 4.00. The van der Waals surface area contributed by atoms with Crippen LogP contribution in [0.4, 0.5) is 8.78 Å². The van der Waals surface area contributed by atoms with Crippen LogP contribution in [0.1, 0.15) is 25.7 Å². The van der Waals surface area contributed by atoms with Gasteiger partial charge in [0.25, 0.3) is 6.43 Å². The molecule has 0 radical (unpaired) electrons. The Balaban J connectivity index is 2.27. The van der Waals surface area contributed by atoms with E-state index in [2.05, 4.69) is 10.6 Å². The zero-order valence-electron chi connectivity index (χ0n) is 8.06. The molecule has 1 atom stereocenters. The number of hydrogen-bond acceptors (Lipinski definition) is 2. The summed E-state index contributed by atoms with van der Waals surface area (Å²) in [6.45, 7) is 0.254. The molecule has 0 aliphatic carbocycles. The van der Waals surface area contributed by atoms with Crippen molar-refractivity contribution in [2.75, 3.05) is 13.1 Å². The summed E-state index contributed by atoms with van der Waals surface area (Å²) in [5.74, 6) is -0.299. The van der Waals surface area contributed by atoms with Crippen LogP contribution in [0.15, 0.2) is 0 Å². The van der Waals surface area contributed by atoms with Gasteiger partial charge in [0.05, 0.1) is 12.6 Å². The normalized spacial score (nSPS) is 23.2. The third-order valence-corrected chi connectivity index (χ3v) is 2.31. The number of hydrogen-bond donors (Lipinski definition) is 2. The zero-order valence-corrected chi connectivity index (χ0v) is 8.06. The van der Waals surface area contributed by atoms with Crippen molar-refractivity contribution in [3.63, 3.8) is 0 Å². The summed E-state index contributed by atoms with van der Waals surface area (Å²) in [5.41, 5.74) is 0. The highest BCUT2D eigenvalue weighted by molar-refractivity contribution is 5.81. The van der Waals surface area contributed by atoms with E-state index in [4.69, 9.17) is 0 Å². The Labute approximate surface area is 82.2 Å². The number of halogens is 2. The summed E-state index contributed by atoms with van der Waals surface area (Å²) in [5, 5.41) is 5.28. The first-order valence-corrected chi connectivity index (χ1v) is 4.99. The fourth-order valence-electron chi connectivity index (χ4n) is 1.55. The number of rotatable bonds is 3. The second-order valence-corrected chi connectivity index (χ2v) is 3.49. The standard InChI is InChI=1S/C9H16F2N2O/c10-8(11)6-13-9(14)7-4-2-1-3-5-12-7/h7-8,12H,1-6H2,(H,13,14). The van der Waals surface area contributed by atoms with Crippen molar-refractivity contribution in [2.24, 2.45) is 0 Å². The van der Waals surface area contributed by atoms with Gasteiger partial charge in [-0.05, 0) is 19.4 Å². The van der Waals surface area contributed by atoms with Crippen LogP contribution in [0.25, 0.3) is 0 Å². The lowest BCUT2D eigenvalue weighted by Crippen LogP contribution is -2.45. The van der Waals surface area contributed by atoms with Gasteiger partial charge in [-0.15, -0.1) is 0 Å². The Bertz CT molecular complexity index is 180. The van der Waals surface area contributed by atoms with Crippen LogP contribution in [0.5, 0.6) is 0 Å². The Kier molecular flexibility index (Phi) is 4.79. The number of amides is 1. The van der Waals surface area contributed by atoms with E-state index in [0.717, 1.165) is 32.2 Å². The van der Waals surface area contributed by atoms with E-state index in [1.54, 1.807) is 0 Å². The van der Waals surface area contributed by atoms with Crippen molar-refractivity contribution in [1.29, 1.82) is 0 Å². The molecule has 0 aromatic carbocycles. The predicted octanol–water partition coefficient (Wildman–Crippen LogP) is 0.900. The molecule has 0 aromatic heterocycles. The summed E-state index contributed by atoms with van der Waals surface area (Å²) in [6, 6.07) is -0.281. The first-order valence-electron chi connectivity index (χ1n) is 4.99. The average molecular weight is 206 g/mol. The lowest BCUT2D eigenvalue weighted by molar-refractivity contribution is -0.123. The molecular weight excluding hydrogens is 190 g/mol. The molecule has 1 aliphatic rings. The van der Waals surface area contributed by atoms with Crippen molar-refractivity contribution in [3.8, 4) is 0 Å². The van der Waals surface area contributed by atoms with Crippen molar-refractivity contribution in [1.82, 2.24) is 10.6 Å². The molecule has 1 rings (SSSR count). The maximum Gasteiger partial charge on any atom is 0.255 e. The van der Waals surface area contributed by atoms with Gasteiger partial charge in [0, 0.05) is 0 Å². The van der Waals surface area contributed by atoms with Crippen LogP contribution in [0.2, 0.25) is 0 Å². The van der Waals surface area contributed by atoms with Gasteiger partial charge in [-0.3, -0.25) is 4.79 Å². The summed E-state index contributed by atoms with van der Waals surface area (Å²) >= 11 is 0. The Morgan fingerprint density at radius 1 is 1.43 bits per heavy atom. The smallest absolute Gasteiger partial charge is 0.255 e. The predicted molar refractivity (Wildman–Crippen MR) is 49.3 cm³/mol. The first-order chi connectivity index (χ1) is 6.70. The molecule has 2 N–H and O–H groups in total. The molecule has 0 saturated carbocycles. The maximum absolute atomic E-state index is 11.8. The van der Waals surface area contributed by atoms with Crippen molar-refractivity contribution in [2.45, 2.75) is 38.2 Å². The van der Waals surface area contributed by atoms with Gasteiger partial charge in [0.15, 0.2) is 0 Å². The average Bonchev–Trinajstić information content (AvgIpc) is 2.42. The second-order valence-electron chi connectivity index (χ2n) is 3.49. The van der Waals surface area contributed by atoms with E-state index in [1.807, 2.05) is 0 Å². The van der Waals surface area contributed by atoms with E-state index in [1.165, 1.54) is 0 Å². The van der Waals surface area contributed by atoms with Gasteiger partial charge in [-0.1, -0.05) is 12.8 Å². The van der Waals surface area contributed by atoms with Gasteiger partial charge in [0.2, 0.25) is 5.91 Å². The monoisotopic (exact) mass is 206 g/mol. The Hall–Kier alpha value is -0.710. The summed E-state index contributed by atoms with van der Waals surface area (Å²) in [6.07, 6.45) is 1.42. The van der Waals surface area contributed by atoms with E-state index >= 15 is 0 Å². The summed E-state index contributed by atoms with van der Waals surface area (Å²) in [7, 11) is 0. The summed E-state index contributed by atoms with van der Waals surface area (Å²) < 4.78 is 23.6. The van der Waals surface area contributed by atoms with Gasteiger partial charge >= 0.3 is 0 Å². The number of nitrogens with one attached hydrogen (secondary N) is 2. The minimum absolute atomic E-state index is 0.281. The van der Waals surface area contributed by atoms with E-state index in [0.29, 0.717) is 0 Å². The molecule has 1 heterocycles. The molecule has 1 aliphatic heterocycles. The molecule has 0 spiro atoms. The molecule has 82 valence electrons. The van der Waals surface area contributed by atoms with Crippen molar-refractivity contribution < 1.29 is 13.6 Å². The highest BCUT2D eigenvalue weighted by Crippen LogP contribution is 2.08. The van der Waals surface area contributed by atoms with E-state index in [-0.39, 0.29) is 11.9 Å². The number of carbonyl (C=O) groups is 1. The minimum Gasteiger partial charge on any atom is -0.349 e. The van der Waals surface area contributed by atoms with Crippen molar-refractivity contribution >= 4 is 5.91 Å². The largest absolute Gasteiger partial charge is 0.349 e. The molecule has 3 nitrogen and oxygen atoms in total. The van der Waals surface area contributed by atoms with Gasteiger partial charge in [-0.2, -0.15) is 0 Å². The fraction of sp³-hybridized carbons (Fsp3) is 0.889. The first kappa shape index (κ1) is 11.4. The minimum atomic E-state index is -2.47. The Morgan fingerprint density at radius 3 is 2.93 bits per heavy atom. The molecular formula is C9H16F2N2O. The number of alkyl halides is 2. The highest BCUT2D eigenvalue weighted by Gasteiger charge is 2.19. The number of carbonyl (C=O) groups excluding carboxylic acids is 1. The van der Waals surface area contributed by atoms with Gasteiger partial charge in [-0.25, -0.2) is 8.78 Å². The highest BCUT2D eigenvalue weighted by atomic mass is 19.3. The zero-order chi connectivity index (χ0) is 10.4. The fourth-order valence-corrected chi connectivity index (χ4v) is 1.55. The molecule has 1 unspecified atom stereocenters. The Morgan fingerprint density at radius 2 is 2.21 bits per heavy atom. The van der Waals surface area contributed by atoms with Crippen LogP contribution >= 0.6 is 0 Å². The molecule has 0 bridgehead atoms. The van der Waals surface area contributed by atoms with Crippen LogP contribution in [0.3, 0.4) is 0 Å². The maximum atomic E-state index is 11.8. The molecule has 1 amide bonds. The second kappa shape index (κ2) is 5.90. The van der Waals surface area contributed by atoms with Gasteiger partial charge in [0.1, 0.15) is 0 Å². The summed E-state index contributed by atoms with van der Waals surface area (Å²) in [4.78, 5) is 11.3.